The van der Waals surface area contributed by atoms with Gasteiger partial charge in [-0.15, -0.1) is 0 Å². The van der Waals surface area contributed by atoms with E-state index in [4.69, 9.17) is 24.2 Å². The summed E-state index contributed by atoms with van der Waals surface area (Å²) in [5, 5.41) is 0.556. The van der Waals surface area contributed by atoms with Gasteiger partial charge in [-0.25, -0.2) is 0 Å². The van der Waals surface area contributed by atoms with Crippen molar-refractivity contribution in [2.24, 2.45) is 0 Å². The van der Waals surface area contributed by atoms with Gasteiger partial charge in [0.1, 0.15) is 13.6 Å². The van der Waals surface area contributed by atoms with Gasteiger partial charge in [-0.3, -0.25) is 0 Å². The summed E-state index contributed by atoms with van der Waals surface area (Å²) >= 11 is 5.66. The van der Waals surface area contributed by atoms with Gasteiger partial charge in [0.25, 0.3) is 0 Å². The number of halogens is 1. The van der Waals surface area contributed by atoms with E-state index in [2.05, 4.69) is 0 Å². The number of hydrogen-bond donors (Lipinski definition) is 0. The molecule has 0 bridgehead atoms. The van der Waals surface area contributed by atoms with Crippen LogP contribution < -0.4 is 10.2 Å². The predicted octanol–water partition coefficient (Wildman–Crippen LogP) is 1.14. The molecule has 0 aliphatic rings. The van der Waals surface area contributed by atoms with Crippen LogP contribution in [0.3, 0.4) is 0 Å². The number of ether oxygens (including phenoxy) is 1. The Balaban J connectivity index is 3.04. The topological polar surface area (TPSA) is 9.23 Å². The van der Waals surface area contributed by atoms with Crippen molar-refractivity contribution < 1.29 is 4.74 Å². The zero-order chi connectivity index (χ0) is 7.56. The Kier molecular flexibility index (Phi) is 2.23. The Hall–Kier alpha value is -0.625. The highest BCUT2D eigenvalue weighted by Crippen LogP contribution is 2.11. The van der Waals surface area contributed by atoms with E-state index in [1.54, 1.807) is 25.3 Å². The Labute approximate surface area is 66.4 Å². The van der Waals surface area contributed by atoms with Crippen LogP contribution in [0.4, 0.5) is 0 Å². The Morgan fingerprint density at radius 1 is 1.50 bits per heavy atom. The summed E-state index contributed by atoms with van der Waals surface area (Å²) in [7, 11) is 7.07. The van der Waals surface area contributed by atoms with E-state index in [0.717, 1.165) is 5.75 Å². The van der Waals surface area contributed by atoms with Gasteiger partial charge in [0.15, 0.2) is 0 Å². The third kappa shape index (κ3) is 1.45. The lowest BCUT2D eigenvalue weighted by Gasteiger charge is -2.01. The maximum Gasteiger partial charge on any atom is 0.118 e. The van der Waals surface area contributed by atoms with Gasteiger partial charge in [-0.1, -0.05) is 17.1 Å². The molecule has 1 aromatic rings. The first kappa shape index (κ1) is 7.48. The van der Waals surface area contributed by atoms with Gasteiger partial charge in [-0.05, 0) is 18.2 Å². The highest BCUT2D eigenvalue weighted by atomic mass is 35.5. The molecule has 3 heteroatoms. The molecule has 0 aliphatic carbocycles. The van der Waals surface area contributed by atoms with Crippen LogP contribution >= 0.6 is 11.6 Å². The third-order valence-corrected chi connectivity index (χ3v) is 1.55. The van der Waals surface area contributed by atoms with E-state index < -0.39 is 0 Å². The van der Waals surface area contributed by atoms with Gasteiger partial charge >= 0.3 is 0 Å². The quantitative estimate of drug-likeness (QED) is 0.549. The zero-order valence-corrected chi connectivity index (χ0v) is 6.35. The molecule has 0 unspecified atom stereocenters. The summed E-state index contributed by atoms with van der Waals surface area (Å²) in [5.41, 5.74) is 0.543. The van der Waals surface area contributed by atoms with E-state index in [1.807, 2.05) is 0 Å². The SMILES string of the molecule is [B]c1cc(OC)ccc1Cl. The maximum atomic E-state index is 5.66. The minimum atomic E-state index is 0.543. The first-order valence-corrected chi connectivity index (χ1v) is 3.21. The molecule has 0 saturated heterocycles. The van der Waals surface area contributed by atoms with Crippen LogP contribution in [0.1, 0.15) is 0 Å². The largest absolute Gasteiger partial charge is 0.497 e. The van der Waals surface area contributed by atoms with E-state index in [-0.39, 0.29) is 0 Å². The van der Waals surface area contributed by atoms with Crippen LogP contribution in [0, 0.1) is 0 Å². The molecule has 0 saturated carbocycles. The van der Waals surface area contributed by atoms with Crippen molar-refractivity contribution in [3.05, 3.63) is 23.2 Å². The summed E-state index contributed by atoms with van der Waals surface area (Å²) in [6, 6.07) is 5.15. The lowest BCUT2D eigenvalue weighted by atomic mass is 9.96. The van der Waals surface area contributed by atoms with Gasteiger partial charge in [0.05, 0.1) is 7.11 Å². The van der Waals surface area contributed by atoms with Crippen molar-refractivity contribution in [2.75, 3.05) is 7.11 Å². The van der Waals surface area contributed by atoms with Crippen LogP contribution in [0.2, 0.25) is 5.02 Å². The molecule has 0 spiro atoms. The van der Waals surface area contributed by atoms with Crippen LogP contribution in [-0.4, -0.2) is 15.0 Å². The lowest BCUT2D eigenvalue weighted by molar-refractivity contribution is 0.415. The smallest absolute Gasteiger partial charge is 0.118 e. The lowest BCUT2D eigenvalue weighted by Crippen LogP contribution is -2.03. The Morgan fingerprint density at radius 2 is 2.20 bits per heavy atom. The minimum absolute atomic E-state index is 0.543. The monoisotopic (exact) mass is 152 g/mol. The van der Waals surface area contributed by atoms with Gasteiger partial charge in [-0.2, -0.15) is 0 Å². The molecule has 0 N–H and O–H groups in total. The summed E-state index contributed by atoms with van der Waals surface area (Å²) in [5.74, 6) is 0.724. The maximum absolute atomic E-state index is 5.66. The molecular formula is C7H6BClO. The van der Waals surface area contributed by atoms with Crippen LogP contribution in [0.25, 0.3) is 0 Å². The molecule has 0 fully saturated rings. The van der Waals surface area contributed by atoms with Crippen LogP contribution in [-0.2, 0) is 0 Å². The molecule has 2 radical (unpaired) electrons. The minimum Gasteiger partial charge on any atom is -0.497 e. The summed E-state index contributed by atoms with van der Waals surface area (Å²) in [6.45, 7) is 0. The summed E-state index contributed by atoms with van der Waals surface area (Å²) < 4.78 is 4.91. The molecule has 1 aromatic carbocycles. The molecule has 50 valence electrons. The second-order valence-electron chi connectivity index (χ2n) is 1.89. The van der Waals surface area contributed by atoms with Crippen molar-refractivity contribution >= 4 is 24.9 Å². The molecule has 1 nitrogen and oxygen atoms in total. The molecule has 0 amide bonds. The molecular weight excluding hydrogens is 146 g/mol. The number of benzene rings is 1. The fourth-order valence-electron chi connectivity index (χ4n) is 0.649. The van der Waals surface area contributed by atoms with Gasteiger partial charge in [0.2, 0.25) is 0 Å². The average molecular weight is 152 g/mol. The Bertz CT molecular complexity index is 237. The van der Waals surface area contributed by atoms with E-state index in [9.17, 15) is 0 Å². The molecule has 10 heavy (non-hydrogen) atoms. The Morgan fingerprint density at radius 3 is 2.70 bits per heavy atom. The fraction of sp³-hybridized carbons (Fsp3) is 0.143. The highest BCUT2D eigenvalue weighted by molar-refractivity contribution is 6.45. The standard InChI is InChI=1S/C7H6BClO/c1-10-5-2-3-7(9)6(8)4-5/h2-4H,1H3. The predicted molar refractivity (Wildman–Crippen MR) is 43.4 cm³/mol. The van der Waals surface area contributed by atoms with Crippen molar-refractivity contribution in [1.29, 1.82) is 0 Å². The molecule has 0 heterocycles. The van der Waals surface area contributed by atoms with Crippen molar-refractivity contribution in [3.63, 3.8) is 0 Å². The second-order valence-corrected chi connectivity index (χ2v) is 2.29. The van der Waals surface area contributed by atoms with Crippen LogP contribution in [0.15, 0.2) is 18.2 Å². The highest BCUT2D eigenvalue weighted by Gasteiger charge is 1.94. The zero-order valence-electron chi connectivity index (χ0n) is 5.60. The third-order valence-electron chi connectivity index (χ3n) is 1.20. The van der Waals surface area contributed by atoms with Crippen molar-refractivity contribution in [3.8, 4) is 5.75 Å². The number of hydrogen-bond acceptors (Lipinski definition) is 1. The first-order chi connectivity index (χ1) is 4.74. The van der Waals surface area contributed by atoms with Crippen LogP contribution in [0.5, 0.6) is 5.75 Å². The molecule has 1 rings (SSSR count). The van der Waals surface area contributed by atoms with Gasteiger partial charge < -0.3 is 4.74 Å². The molecule has 0 aromatic heterocycles. The molecule has 0 aliphatic heterocycles. The van der Waals surface area contributed by atoms with E-state index in [1.165, 1.54) is 0 Å². The second kappa shape index (κ2) is 2.97. The van der Waals surface area contributed by atoms with E-state index >= 15 is 0 Å². The van der Waals surface area contributed by atoms with Crippen molar-refractivity contribution in [2.45, 2.75) is 0 Å². The van der Waals surface area contributed by atoms with Gasteiger partial charge in [0, 0.05) is 5.02 Å². The normalized spacial score (nSPS) is 9.40. The summed E-state index contributed by atoms with van der Waals surface area (Å²) in [6.07, 6.45) is 0. The van der Waals surface area contributed by atoms with E-state index in [0.29, 0.717) is 10.5 Å². The van der Waals surface area contributed by atoms with Crippen molar-refractivity contribution in [1.82, 2.24) is 0 Å². The number of rotatable bonds is 1. The average Bonchev–Trinajstić information content (AvgIpc) is 1.95. The molecule has 0 atom stereocenters. The fourth-order valence-corrected chi connectivity index (χ4v) is 0.766. The number of methoxy groups -OCH3 is 1. The first-order valence-electron chi connectivity index (χ1n) is 2.83. The summed E-state index contributed by atoms with van der Waals surface area (Å²) in [4.78, 5) is 0.